The van der Waals surface area contributed by atoms with Gasteiger partial charge in [0.05, 0.1) is 0 Å². The molecule has 2 N–H and O–H groups in total. The van der Waals surface area contributed by atoms with Gasteiger partial charge in [0, 0.05) is 24.5 Å². The van der Waals surface area contributed by atoms with Crippen LogP contribution in [0.5, 0.6) is 0 Å². The summed E-state index contributed by atoms with van der Waals surface area (Å²) in [5.41, 5.74) is 0.226. The topological polar surface area (TPSA) is 78.5 Å². The Morgan fingerprint density at radius 3 is 2.64 bits per heavy atom. The third kappa shape index (κ3) is 3.95. The van der Waals surface area contributed by atoms with Gasteiger partial charge in [-0.05, 0) is 49.8 Å². The van der Waals surface area contributed by atoms with Crippen LogP contribution in [0.3, 0.4) is 0 Å². The molecule has 0 aromatic heterocycles. The second kappa shape index (κ2) is 7.04. The highest BCUT2D eigenvalue weighted by molar-refractivity contribution is 6.30. The molecule has 1 aromatic rings. The predicted molar refractivity (Wildman–Crippen MR) is 94.3 cm³/mol. The van der Waals surface area contributed by atoms with Gasteiger partial charge in [-0.25, -0.2) is 4.79 Å². The van der Waals surface area contributed by atoms with Crippen LogP contribution in [-0.4, -0.2) is 41.4 Å². The van der Waals surface area contributed by atoms with Gasteiger partial charge in [-0.2, -0.15) is 0 Å². The Balaban J connectivity index is 1.50. The predicted octanol–water partition coefficient (Wildman–Crippen LogP) is 2.42. The summed E-state index contributed by atoms with van der Waals surface area (Å²) in [6.07, 6.45) is 2.35. The minimum absolute atomic E-state index is 0.0275. The molecule has 2 saturated heterocycles. The molecule has 3 rings (SSSR count). The van der Waals surface area contributed by atoms with Crippen molar-refractivity contribution >= 4 is 29.4 Å². The highest BCUT2D eigenvalue weighted by Gasteiger charge is 2.42. The fourth-order valence-electron chi connectivity index (χ4n) is 3.49. The number of hydrogen-bond acceptors (Lipinski definition) is 3. The van der Waals surface area contributed by atoms with E-state index in [1.54, 1.807) is 6.92 Å². The zero-order valence-corrected chi connectivity index (χ0v) is 14.9. The molecule has 134 valence electrons. The number of hydrogen-bond donors (Lipinski definition) is 2. The van der Waals surface area contributed by atoms with E-state index < -0.39 is 11.6 Å². The summed E-state index contributed by atoms with van der Waals surface area (Å²) < 4.78 is 0. The second-order valence-corrected chi connectivity index (χ2v) is 7.39. The fourth-order valence-corrected chi connectivity index (χ4v) is 3.69. The van der Waals surface area contributed by atoms with Crippen molar-refractivity contribution in [3.63, 3.8) is 0 Å². The third-order valence-corrected chi connectivity index (χ3v) is 5.36. The number of imide groups is 1. The second-order valence-electron chi connectivity index (χ2n) is 6.95. The van der Waals surface area contributed by atoms with Crippen molar-refractivity contribution in [2.75, 3.05) is 13.1 Å². The first-order chi connectivity index (χ1) is 11.9. The standard InChI is InChI=1S/C18H22ClN3O3/c1-18(16(24)20-17(25)21-18)8-5-15(23)22-9-6-12(7-10-22)13-3-2-4-14(19)11-13/h2-4,11-12H,5-10H2,1H3,(H2,20,21,24,25). The average Bonchev–Trinajstić information content (AvgIpc) is 2.85. The molecule has 0 bridgehead atoms. The minimum atomic E-state index is -0.994. The lowest BCUT2D eigenvalue weighted by Gasteiger charge is -2.33. The van der Waals surface area contributed by atoms with E-state index in [9.17, 15) is 14.4 Å². The molecule has 4 amide bonds. The number of benzene rings is 1. The van der Waals surface area contributed by atoms with Gasteiger partial charge in [-0.3, -0.25) is 14.9 Å². The van der Waals surface area contributed by atoms with Crippen LogP contribution in [0.4, 0.5) is 4.79 Å². The van der Waals surface area contributed by atoms with Crippen LogP contribution in [-0.2, 0) is 9.59 Å². The monoisotopic (exact) mass is 363 g/mol. The van der Waals surface area contributed by atoms with Crippen LogP contribution >= 0.6 is 11.6 Å². The maximum absolute atomic E-state index is 12.4. The van der Waals surface area contributed by atoms with E-state index in [0.717, 1.165) is 17.9 Å². The van der Waals surface area contributed by atoms with E-state index in [-0.39, 0.29) is 18.2 Å². The highest BCUT2D eigenvalue weighted by atomic mass is 35.5. The number of carbonyl (C=O) groups is 3. The summed E-state index contributed by atoms with van der Waals surface area (Å²) in [7, 11) is 0. The van der Waals surface area contributed by atoms with Gasteiger partial charge in [0.25, 0.3) is 5.91 Å². The molecule has 0 radical (unpaired) electrons. The number of likely N-dealkylation sites (tertiary alicyclic amines) is 1. The zero-order chi connectivity index (χ0) is 18.0. The van der Waals surface area contributed by atoms with Gasteiger partial charge in [0.2, 0.25) is 5.91 Å². The van der Waals surface area contributed by atoms with Gasteiger partial charge >= 0.3 is 6.03 Å². The van der Waals surface area contributed by atoms with Crippen molar-refractivity contribution in [3.05, 3.63) is 34.9 Å². The zero-order valence-electron chi connectivity index (χ0n) is 14.2. The molecule has 1 unspecified atom stereocenters. The molecule has 2 aliphatic heterocycles. The average molecular weight is 364 g/mol. The molecule has 1 aromatic carbocycles. The van der Waals surface area contributed by atoms with Crippen molar-refractivity contribution in [1.82, 2.24) is 15.5 Å². The van der Waals surface area contributed by atoms with E-state index >= 15 is 0 Å². The SMILES string of the molecule is CC1(CCC(=O)N2CCC(c3cccc(Cl)c3)CC2)NC(=O)NC1=O. The van der Waals surface area contributed by atoms with E-state index in [1.165, 1.54) is 5.56 Å². The summed E-state index contributed by atoms with van der Waals surface area (Å²) in [4.78, 5) is 37.3. The molecule has 0 saturated carbocycles. The molecule has 6 nitrogen and oxygen atoms in total. The third-order valence-electron chi connectivity index (χ3n) is 5.12. The van der Waals surface area contributed by atoms with Gasteiger partial charge in [0.1, 0.15) is 5.54 Å². The van der Waals surface area contributed by atoms with Crippen molar-refractivity contribution in [1.29, 1.82) is 0 Å². The molecular formula is C18H22ClN3O3. The number of nitrogens with zero attached hydrogens (tertiary/aromatic N) is 1. The molecule has 25 heavy (non-hydrogen) atoms. The van der Waals surface area contributed by atoms with Crippen molar-refractivity contribution in [2.24, 2.45) is 0 Å². The van der Waals surface area contributed by atoms with E-state index in [2.05, 4.69) is 16.7 Å². The van der Waals surface area contributed by atoms with Crippen LogP contribution in [0.15, 0.2) is 24.3 Å². The largest absolute Gasteiger partial charge is 0.343 e. The Morgan fingerprint density at radius 1 is 1.32 bits per heavy atom. The van der Waals surface area contributed by atoms with E-state index in [0.29, 0.717) is 25.4 Å². The number of nitrogens with one attached hydrogen (secondary N) is 2. The summed E-state index contributed by atoms with van der Waals surface area (Å²) in [6, 6.07) is 7.39. The number of carbonyl (C=O) groups excluding carboxylic acids is 3. The van der Waals surface area contributed by atoms with Gasteiger partial charge in [-0.1, -0.05) is 23.7 Å². The molecule has 0 aliphatic carbocycles. The van der Waals surface area contributed by atoms with Crippen LogP contribution in [0.1, 0.15) is 44.1 Å². The molecule has 7 heteroatoms. The fraction of sp³-hybridized carbons (Fsp3) is 0.500. The van der Waals surface area contributed by atoms with Crippen molar-refractivity contribution in [2.45, 2.75) is 44.1 Å². The maximum atomic E-state index is 12.4. The Kier molecular flexibility index (Phi) is 4.99. The van der Waals surface area contributed by atoms with Gasteiger partial charge in [0.15, 0.2) is 0 Å². The lowest BCUT2D eigenvalue weighted by molar-refractivity contribution is -0.133. The first-order valence-corrected chi connectivity index (χ1v) is 8.92. The number of urea groups is 1. The van der Waals surface area contributed by atoms with Crippen LogP contribution in [0.2, 0.25) is 5.02 Å². The van der Waals surface area contributed by atoms with Crippen LogP contribution in [0, 0.1) is 0 Å². The van der Waals surface area contributed by atoms with Crippen LogP contribution < -0.4 is 10.6 Å². The molecular weight excluding hydrogens is 342 g/mol. The Labute approximate surface area is 151 Å². The number of halogens is 1. The lowest BCUT2D eigenvalue weighted by atomic mass is 9.89. The Morgan fingerprint density at radius 2 is 2.04 bits per heavy atom. The normalized spacial score (nSPS) is 24.2. The van der Waals surface area contributed by atoms with E-state index in [4.69, 9.17) is 11.6 Å². The van der Waals surface area contributed by atoms with Crippen LogP contribution in [0.25, 0.3) is 0 Å². The molecule has 2 heterocycles. The van der Waals surface area contributed by atoms with Gasteiger partial charge < -0.3 is 10.2 Å². The molecule has 1 atom stereocenters. The molecule has 2 fully saturated rings. The maximum Gasteiger partial charge on any atom is 0.322 e. The Bertz CT molecular complexity index is 701. The smallest absolute Gasteiger partial charge is 0.322 e. The summed E-state index contributed by atoms with van der Waals surface area (Å²) in [5.74, 6) is 0.0739. The first-order valence-electron chi connectivity index (χ1n) is 8.54. The summed E-state index contributed by atoms with van der Waals surface area (Å²) in [5, 5.41) is 5.54. The van der Waals surface area contributed by atoms with Crippen molar-refractivity contribution < 1.29 is 14.4 Å². The quantitative estimate of drug-likeness (QED) is 0.806. The number of rotatable bonds is 4. The first kappa shape index (κ1) is 17.7. The van der Waals surface area contributed by atoms with Gasteiger partial charge in [-0.15, -0.1) is 0 Å². The number of piperidine rings is 1. The molecule has 0 spiro atoms. The highest BCUT2D eigenvalue weighted by Crippen LogP contribution is 2.30. The Hall–Kier alpha value is -2.08. The minimum Gasteiger partial charge on any atom is -0.343 e. The van der Waals surface area contributed by atoms with Crippen molar-refractivity contribution in [3.8, 4) is 0 Å². The molecule has 2 aliphatic rings. The lowest BCUT2D eigenvalue weighted by Crippen LogP contribution is -2.45. The summed E-state index contributed by atoms with van der Waals surface area (Å²) in [6.45, 7) is 3.04. The van der Waals surface area contributed by atoms with E-state index in [1.807, 2.05) is 23.1 Å². The number of amides is 4. The summed E-state index contributed by atoms with van der Waals surface area (Å²) >= 11 is 6.05.